The minimum atomic E-state index is -0.549. The molecule has 0 amide bonds. The van der Waals surface area contributed by atoms with Crippen molar-refractivity contribution in [2.24, 2.45) is 0 Å². The van der Waals surface area contributed by atoms with Gasteiger partial charge in [-0.25, -0.2) is 4.79 Å². The number of carbonyl (C=O) groups excluding carboxylic acids is 2. The summed E-state index contributed by atoms with van der Waals surface area (Å²) in [5.41, 5.74) is 0.593. The van der Waals surface area contributed by atoms with E-state index in [4.69, 9.17) is 9.47 Å². The van der Waals surface area contributed by atoms with Gasteiger partial charge in [-0.3, -0.25) is 14.9 Å². The van der Waals surface area contributed by atoms with Gasteiger partial charge in [-0.1, -0.05) is 12.1 Å². The van der Waals surface area contributed by atoms with Gasteiger partial charge in [0.1, 0.15) is 11.9 Å². The van der Waals surface area contributed by atoms with Crippen LogP contribution in [0.4, 0.5) is 5.69 Å². The first kappa shape index (κ1) is 19.2. The summed E-state index contributed by atoms with van der Waals surface area (Å²) in [6.45, 7) is 1.88. The molecule has 8 heteroatoms. The van der Waals surface area contributed by atoms with Crippen LogP contribution in [-0.2, 0) is 23.8 Å². The largest absolute Gasteiger partial charge is 0.489 e. The van der Waals surface area contributed by atoms with Gasteiger partial charge in [0.15, 0.2) is 0 Å². The van der Waals surface area contributed by atoms with Crippen molar-refractivity contribution in [1.82, 2.24) is 0 Å². The Balaban J connectivity index is 2.27. The summed E-state index contributed by atoms with van der Waals surface area (Å²) in [5.74, 6) is -0.764. The van der Waals surface area contributed by atoms with Gasteiger partial charge in [0.05, 0.1) is 36.2 Å². The maximum Gasteiger partial charge on any atom is 0.337 e. The zero-order valence-corrected chi connectivity index (χ0v) is 14.5. The van der Waals surface area contributed by atoms with Crippen LogP contribution in [0, 0.1) is 10.1 Å². The molecule has 1 unspecified atom stereocenters. The quantitative estimate of drug-likeness (QED) is 0.418. The molecule has 0 fully saturated rings. The third-order valence-electron chi connectivity index (χ3n) is 3.71. The maximum atomic E-state index is 12.1. The molecule has 0 saturated heterocycles. The lowest BCUT2D eigenvalue weighted by molar-refractivity contribution is -0.385. The van der Waals surface area contributed by atoms with E-state index in [1.54, 1.807) is 25.1 Å². The van der Waals surface area contributed by atoms with E-state index in [1.165, 1.54) is 25.3 Å². The number of hydrogen-bond donors (Lipinski definition) is 0. The van der Waals surface area contributed by atoms with Crippen molar-refractivity contribution >= 4 is 23.7 Å². The highest BCUT2D eigenvalue weighted by Crippen LogP contribution is 2.30. The van der Waals surface area contributed by atoms with Crippen molar-refractivity contribution in [3.63, 3.8) is 0 Å². The Morgan fingerprint density at radius 1 is 1.35 bits per heavy atom. The number of methoxy groups -OCH3 is 1. The van der Waals surface area contributed by atoms with Crippen molar-refractivity contribution < 1.29 is 28.7 Å². The van der Waals surface area contributed by atoms with E-state index in [0.717, 1.165) is 0 Å². The fourth-order valence-electron chi connectivity index (χ4n) is 2.51. The molecule has 0 aromatic heterocycles. The van der Waals surface area contributed by atoms with Crippen molar-refractivity contribution in [2.45, 2.75) is 25.9 Å². The van der Waals surface area contributed by atoms with E-state index in [2.05, 4.69) is 4.74 Å². The Kier molecular flexibility index (Phi) is 6.48. The highest BCUT2D eigenvalue weighted by molar-refractivity contribution is 5.90. The van der Waals surface area contributed by atoms with Crippen molar-refractivity contribution in [2.75, 3.05) is 13.7 Å². The van der Waals surface area contributed by atoms with Gasteiger partial charge in [-0.05, 0) is 25.1 Å². The Bertz CT molecular complexity index is 767. The normalized spacial score (nSPS) is 16.5. The molecule has 1 aliphatic rings. The second-order valence-corrected chi connectivity index (χ2v) is 5.44. The Morgan fingerprint density at radius 2 is 2.08 bits per heavy atom. The minimum Gasteiger partial charge on any atom is -0.489 e. The molecule has 26 heavy (non-hydrogen) atoms. The third kappa shape index (κ3) is 4.69. The fraction of sp³-hybridized carbons (Fsp3) is 0.333. The zero-order chi connectivity index (χ0) is 19.1. The first-order chi connectivity index (χ1) is 12.5. The number of para-hydroxylation sites is 1. The molecule has 0 saturated carbocycles. The molecular formula is C18H19NO7. The Morgan fingerprint density at radius 3 is 2.73 bits per heavy atom. The van der Waals surface area contributed by atoms with Gasteiger partial charge in [0, 0.05) is 12.5 Å². The SMILES string of the molecule is CCOC(=O)C1=C(/C=C/c2ccccc2[N+](=O)[O-])OC(CC(=O)OC)C1. The van der Waals surface area contributed by atoms with E-state index in [9.17, 15) is 19.7 Å². The second kappa shape index (κ2) is 8.80. The number of nitro benzene ring substituents is 1. The predicted molar refractivity (Wildman–Crippen MR) is 91.9 cm³/mol. The minimum absolute atomic E-state index is 0.0117. The molecule has 1 aromatic rings. The molecule has 0 bridgehead atoms. The number of hydrogen-bond acceptors (Lipinski definition) is 7. The molecule has 1 atom stereocenters. The van der Waals surface area contributed by atoms with Crippen molar-refractivity contribution in [3.8, 4) is 0 Å². The molecule has 8 nitrogen and oxygen atoms in total. The first-order valence-corrected chi connectivity index (χ1v) is 8.01. The molecule has 1 heterocycles. The number of esters is 2. The van der Waals surface area contributed by atoms with Gasteiger partial charge >= 0.3 is 11.9 Å². The van der Waals surface area contributed by atoms with E-state index >= 15 is 0 Å². The number of ether oxygens (including phenoxy) is 3. The van der Waals surface area contributed by atoms with Crippen LogP contribution >= 0.6 is 0 Å². The molecule has 1 aromatic carbocycles. The van der Waals surface area contributed by atoms with Crippen molar-refractivity contribution in [1.29, 1.82) is 0 Å². The highest BCUT2D eigenvalue weighted by atomic mass is 16.6. The average Bonchev–Trinajstić information content (AvgIpc) is 3.03. The summed E-state index contributed by atoms with van der Waals surface area (Å²) < 4.78 is 15.3. The zero-order valence-electron chi connectivity index (χ0n) is 14.5. The topological polar surface area (TPSA) is 105 Å². The first-order valence-electron chi connectivity index (χ1n) is 8.01. The molecule has 0 radical (unpaired) electrons. The monoisotopic (exact) mass is 361 g/mol. The van der Waals surface area contributed by atoms with Gasteiger partial charge in [0.25, 0.3) is 5.69 Å². The molecule has 0 N–H and O–H groups in total. The van der Waals surface area contributed by atoms with Crippen LogP contribution < -0.4 is 0 Å². The van der Waals surface area contributed by atoms with Gasteiger partial charge in [-0.2, -0.15) is 0 Å². The molecular weight excluding hydrogens is 342 g/mol. The number of rotatable bonds is 7. The van der Waals surface area contributed by atoms with Gasteiger partial charge < -0.3 is 14.2 Å². The van der Waals surface area contributed by atoms with Crippen LogP contribution in [0.1, 0.15) is 25.3 Å². The standard InChI is InChI=1S/C18H19NO7/c1-3-25-18(21)14-10-13(11-17(20)24-2)26-16(14)9-8-12-6-4-5-7-15(12)19(22)23/h4-9,13H,3,10-11H2,1-2H3/b9-8+. The van der Waals surface area contributed by atoms with E-state index in [-0.39, 0.29) is 36.5 Å². The smallest absolute Gasteiger partial charge is 0.337 e. The summed E-state index contributed by atoms with van der Waals surface area (Å²) in [5, 5.41) is 11.1. The summed E-state index contributed by atoms with van der Waals surface area (Å²) in [7, 11) is 1.27. The number of benzene rings is 1. The fourth-order valence-corrected chi connectivity index (χ4v) is 2.51. The van der Waals surface area contributed by atoms with E-state index in [1.807, 2.05) is 0 Å². The van der Waals surface area contributed by atoms with E-state index in [0.29, 0.717) is 5.56 Å². The van der Waals surface area contributed by atoms with Crippen LogP contribution in [0.25, 0.3) is 6.08 Å². The summed E-state index contributed by atoms with van der Waals surface area (Å²) in [4.78, 5) is 34.2. The summed E-state index contributed by atoms with van der Waals surface area (Å²) in [6, 6.07) is 6.20. The second-order valence-electron chi connectivity index (χ2n) is 5.44. The molecule has 2 rings (SSSR count). The van der Waals surface area contributed by atoms with Gasteiger partial charge in [0.2, 0.25) is 0 Å². The predicted octanol–water partition coefficient (Wildman–Crippen LogP) is 2.78. The lowest BCUT2D eigenvalue weighted by atomic mass is 10.1. The Hall–Kier alpha value is -3.16. The number of nitro groups is 1. The molecule has 0 spiro atoms. The average molecular weight is 361 g/mol. The van der Waals surface area contributed by atoms with Crippen LogP contribution in [0.5, 0.6) is 0 Å². The Labute approximate surface area is 150 Å². The van der Waals surface area contributed by atoms with Crippen molar-refractivity contribution in [3.05, 3.63) is 57.4 Å². The number of allylic oxidation sites excluding steroid dienone is 1. The van der Waals surface area contributed by atoms with E-state index < -0.39 is 23.0 Å². The van der Waals surface area contributed by atoms with Crippen LogP contribution in [0.3, 0.4) is 0 Å². The lowest BCUT2D eigenvalue weighted by Gasteiger charge is -2.09. The lowest BCUT2D eigenvalue weighted by Crippen LogP contribution is -2.15. The van der Waals surface area contributed by atoms with Crippen LogP contribution in [-0.4, -0.2) is 36.7 Å². The number of carbonyl (C=O) groups is 2. The summed E-state index contributed by atoms with van der Waals surface area (Å²) in [6.07, 6.45) is 2.61. The van der Waals surface area contributed by atoms with Gasteiger partial charge in [-0.15, -0.1) is 0 Å². The number of nitrogens with zero attached hydrogens (tertiary/aromatic N) is 1. The van der Waals surface area contributed by atoms with Crippen LogP contribution in [0.2, 0.25) is 0 Å². The molecule has 138 valence electrons. The highest BCUT2D eigenvalue weighted by Gasteiger charge is 2.31. The molecule has 0 aliphatic carbocycles. The summed E-state index contributed by atoms with van der Waals surface area (Å²) >= 11 is 0. The molecule has 1 aliphatic heterocycles. The van der Waals surface area contributed by atoms with Crippen LogP contribution in [0.15, 0.2) is 41.7 Å². The third-order valence-corrected chi connectivity index (χ3v) is 3.71. The maximum absolute atomic E-state index is 12.1.